The Balaban J connectivity index is 2.07. The predicted octanol–water partition coefficient (Wildman–Crippen LogP) is 7.25. The summed E-state index contributed by atoms with van der Waals surface area (Å²) in [5.74, 6) is 0. The Kier molecular flexibility index (Phi) is 18.8. The topological polar surface area (TPSA) is 40.5 Å². The summed E-state index contributed by atoms with van der Waals surface area (Å²) in [6.45, 7) is 6.07. The molecule has 0 aliphatic carbocycles. The lowest BCUT2D eigenvalue weighted by Crippen LogP contribution is -2.51. The molecular formula is C29H54NO2+. The van der Waals surface area contributed by atoms with Crippen molar-refractivity contribution in [3.8, 4) is 0 Å². The van der Waals surface area contributed by atoms with E-state index >= 15 is 0 Å². The van der Waals surface area contributed by atoms with Crippen molar-refractivity contribution in [3.05, 3.63) is 35.9 Å². The summed E-state index contributed by atoms with van der Waals surface area (Å²) in [6, 6.07) is 10.5. The van der Waals surface area contributed by atoms with Gasteiger partial charge in [0.15, 0.2) is 0 Å². The summed E-state index contributed by atoms with van der Waals surface area (Å²) >= 11 is 0. The standard InChI is InChI=1S/C29H54NO2/c1-2-3-4-5-6-7-8-9-10-11-12-13-14-15-16-20-23-30(24-26-31,25-27-32)28-29-21-18-17-19-22-29/h17-19,21-22,31-32H,2-16,20,23-28H2,1H3/q+1. The molecule has 1 rings (SSSR count). The Labute approximate surface area is 199 Å². The van der Waals surface area contributed by atoms with Gasteiger partial charge in [-0.2, -0.15) is 0 Å². The van der Waals surface area contributed by atoms with Crippen molar-refractivity contribution in [2.75, 3.05) is 32.8 Å². The first-order valence-electron chi connectivity index (χ1n) is 13.9. The van der Waals surface area contributed by atoms with Crippen molar-refractivity contribution in [1.29, 1.82) is 0 Å². The van der Waals surface area contributed by atoms with E-state index in [1.54, 1.807) is 0 Å². The third-order valence-corrected chi connectivity index (χ3v) is 7.00. The molecule has 32 heavy (non-hydrogen) atoms. The van der Waals surface area contributed by atoms with Crippen LogP contribution in [0.3, 0.4) is 0 Å². The fourth-order valence-electron chi connectivity index (χ4n) is 4.96. The van der Waals surface area contributed by atoms with Gasteiger partial charge >= 0.3 is 0 Å². The SMILES string of the molecule is CCCCCCCCCCCCCCCCCC[N+](CCO)(CCO)Cc1ccccc1. The van der Waals surface area contributed by atoms with Gasteiger partial charge in [-0.1, -0.05) is 127 Å². The van der Waals surface area contributed by atoms with Gasteiger partial charge in [-0.05, 0) is 12.8 Å². The van der Waals surface area contributed by atoms with Crippen LogP contribution in [-0.2, 0) is 6.54 Å². The molecule has 3 nitrogen and oxygen atoms in total. The van der Waals surface area contributed by atoms with Gasteiger partial charge in [0.05, 0.1) is 19.8 Å². The number of rotatable bonds is 23. The Morgan fingerprint density at radius 1 is 0.531 bits per heavy atom. The highest BCUT2D eigenvalue weighted by Gasteiger charge is 2.26. The van der Waals surface area contributed by atoms with Gasteiger partial charge in [0.2, 0.25) is 0 Å². The first-order valence-corrected chi connectivity index (χ1v) is 13.9. The molecule has 0 unspecified atom stereocenters. The lowest BCUT2D eigenvalue weighted by molar-refractivity contribution is -0.941. The molecule has 0 aliphatic heterocycles. The second kappa shape index (κ2) is 20.7. The van der Waals surface area contributed by atoms with Crippen LogP contribution in [0.2, 0.25) is 0 Å². The molecule has 186 valence electrons. The molecule has 0 bridgehead atoms. The number of benzene rings is 1. The van der Waals surface area contributed by atoms with Crippen LogP contribution in [0.5, 0.6) is 0 Å². The van der Waals surface area contributed by atoms with Crippen molar-refractivity contribution in [2.24, 2.45) is 0 Å². The quantitative estimate of drug-likeness (QED) is 0.137. The summed E-state index contributed by atoms with van der Waals surface area (Å²) in [6.07, 6.45) is 22.2. The maximum Gasteiger partial charge on any atom is 0.104 e. The zero-order valence-corrected chi connectivity index (χ0v) is 21.3. The molecule has 0 saturated carbocycles. The van der Waals surface area contributed by atoms with Crippen LogP contribution in [0, 0.1) is 0 Å². The summed E-state index contributed by atoms with van der Waals surface area (Å²) < 4.78 is 0.801. The molecule has 0 amide bonds. The highest BCUT2D eigenvalue weighted by Crippen LogP contribution is 2.18. The molecule has 0 aromatic heterocycles. The Morgan fingerprint density at radius 2 is 0.938 bits per heavy atom. The van der Waals surface area contributed by atoms with Gasteiger partial charge in [0, 0.05) is 5.56 Å². The number of aliphatic hydroxyl groups is 2. The van der Waals surface area contributed by atoms with E-state index in [1.807, 2.05) is 6.07 Å². The van der Waals surface area contributed by atoms with Gasteiger partial charge in [-0.15, -0.1) is 0 Å². The monoisotopic (exact) mass is 448 g/mol. The summed E-state index contributed by atoms with van der Waals surface area (Å²) in [5.41, 5.74) is 1.30. The highest BCUT2D eigenvalue weighted by atomic mass is 16.3. The molecule has 1 aromatic carbocycles. The predicted molar refractivity (Wildman–Crippen MR) is 139 cm³/mol. The largest absolute Gasteiger partial charge is 0.391 e. The third-order valence-electron chi connectivity index (χ3n) is 7.00. The molecule has 0 saturated heterocycles. The minimum absolute atomic E-state index is 0.186. The maximum absolute atomic E-state index is 9.64. The lowest BCUT2D eigenvalue weighted by Gasteiger charge is -2.38. The van der Waals surface area contributed by atoms with E-state index in [9.17, 15) is 10.2 Å². The zero-order valence-electron chi connectivity index (χ0n) is 21.3. The minimum atomic E-state index is 0.186. The molecule has 3 heteroatoms. The van der Waals surface area contributed by atoms with Crippen molar-refractivity contribution in [1.82, 2.24) is 0 Å². The van der Waals surface area contributed by atoms with Crippen LogP contribution in [0.4, 0.5) is 0 Å². The molecular weight excluding hydrogens is 394 g/mol. The van der Waals surface area contributed by atoms with Crippen molar-refractivity contribution in [2.45, 2.75) is 116 Å². The number of unbranched alkanes of at least 4 members (excludes halogenated alkanes) is 15. The lowest BCUT2D eigenvalue weighted by atomic mass is 10.0. The van der Waals surface area contributed by atoms with Crippen LogP contribution in [0.1, 0.15) is 115 Å². The molecule has 0 heterocycles. The first-order chi connectivity index (χ1) is 15.8. The molecule has 0 fully saturated rings. The molecule has 1 aromatic rings. The van der Waals surface area contributed by atoms with Gasteiger partial charge in [-0.25, -0.2) is 0 Å². The van der Waals surface area contributed by atoms with Crippen LogP contribution in [-0.4, -0.2) is 47.5 Å². The molecule has 0 radical (unpaired) electrons. The average Bonchev–Trinajstić information content (AvgIpc) is 2.80. The van der Waals surface area contributed by atoms with Crippen LogP contribution in [0.25, 0.3) is 0 Å². The number of hydrogen-bond acceptors (Lipinski definition) is 2. The van der Waals surface area contributed by atoms with E-state index < -0.39 is 0 Å². The number of aliphatic hydroxyl groups excluding tert-OH is 2. The smallest absolute Gasteiger partial charge is 0.104 e. The summed E-state index contributed by atoms with van der Waals surface area (Å²) in [5, 5.41) is 19.3. The Bertz CT molecular complexity index is 499. The number of quaternary nitrogens is 1. The Hall–Kier alpha value is -0.900. The van der Waals surface area contributed by atoms with Crippen molar-refractivity contribution < 1.29 is 14.7 Å². The van der Waals surface area contributed by atoms with Gasteiger partial charge in [-0.3, -0.25) is 0 Å². The molecule has 0 atom stereocenters. The zero-order chi connectivity index (χ0) is 23.2. The van der Waals surface area contributed by atoms with Gasteiger partial charge in [0.1, 0.15) is 19.6 Å². The highest BCUT2D eigenvalue weighted by molar-refractivity contribution is 5.13. The second-order valence-electron chi connectivity index (χ2n) is 9.91. The van der Waals surface area contributed by atoms with Crippen molar-refractivity contribution >= 4 is 0 Å². The molecule has 0 spiro atoms. The van der Waals surface area contributed by atoms with Crippen LogP contribution < -0.4 is 0 Å². The second-order valence-corrected chi connectivity index (χ2v) is 9.91. The third kappa shape index (κ3) is 15.0. The maximum atomic E-state index is 9.64. The fraction of sp³-hybridized carbons (Fsp3) is 0.793. The average molecular weight is 449 g/mol. The normalized spacial score (nSPS) is 11.8. The van der Waals surface area contributed by atoms with E-state index in [0.29, 0.717) is 0 Å². The van der Waals surface area contributed by atoms with E-state index in [0.717, 1.165) is 30.7 Å². The number of hydrogen-bond donors (Lipinski definition) is 2. The van der Waals surface area contributed by atoms with E-state index in [4.69, 9.17) is 0 Å². The molecule has 0 aliphatic rings. The Morgan fingerprint density at radius 3 is 1.34 bits per heavy atom. The van der Waals surface area contributed by atoms with Crippen molar-refractivity contribution in [3.63, 3.8) is 0 Å². The summed E-state index contributed by atoms with van der Waals surface area (Å²) in [4.78, 5) is 0. The fourth-order valence-corrected chi connectivity index (χ4v) is 4.96. The van der Waals surface area contributed by atoms with Crippen LogP contribution in [0.15, 0.2) is 30.3 Å². The number of nitrogens with zero attached hydrogens (tertiary/aromatic N) is 1. The first kappa shape index (κ1) is 29.1. The van der Waals surface area contributed by atoms with E-state index in [2.05, 4.69) is 31.2 Å². The summed E-state index contributed by atoms with van der Waals surface area (Å²) in [7, 11) is 0. The minimum Gasteiger partial charge on any atom is -0.391 e. The molecule has 2 N–H and O–H groups in total. The van der Waals surface area contributed by atoms with E-state index in [-0.39, 0.29) is 13.2 Å². The van der Waals surface area contributed by atoms with Gasteiger partial charge in [0.25, 0.3) is 0 Å². The van der Waals surface area contributed by atoms with Gasteiger partial charge < -0.3 is 14.7 Å². The van der Waals surface area contributed by atoms with E-state index in [1.165, 1.54) is 108 Å². The van der Waals surface area contributed by atoms with Crippen LogP contribution >= 0.6 is 0 Å².